The Morgan fingerprint density at radius 3 is 2.33 bits per heavy atom. The summed E-state index contributed by atoms with van der Waals surface area (Å²) in [7, 11) is -3.62. The second-order valence-electron chi connectivity index (χ2n) is 6.80. The van der Waals surface area contributed by atoms with E-state index < -0.39 is 15.9 Å². The van der Waals surface area contributed by atoms with Crippen molar-refractivity contribution in [1.82, 2.24) is 9.62 Å². The van der Waals surface area contributed by atoms with Gasteiger partial charge in [-0.15, -0.1) is 0 Å². The van der Waals surface area contributed by atoms with Crippen molar-refractivity contribution in [3.8, 4) is 0 Å². The smallest absolute Gasteiger partial charge is 0.255 e. The van der Waals surface area contributed by atoms with Crippen LogP contribution in [-0.4, -0.2) is 57.4 Å². The van der Waals surface area contributed by atoms with Crippen LogP contribution < -0.4 is 10.6 Å². The maximum atomic E-state index is 12.7. The van der Waals surface area contributed by atoms with Gasteiger partial charge in [0.05, 0.1) is 29.4 Å². The SMILES string of the molecule is CCCNC(=O)c1ccccc1NC(=O)c1ccc(S(=O)(=O)N2CCOCC2)cc1. The molecule has 2 amide bonds. The summed E-state index contributed by atoms with van der Waals surface area (Å²) < 4.78 is 32.0. The van der Waals surface area contributed by atoms with Crippen LogP contribution in [0.1, 0.15) is 34.1 Å². The molecule has 0 atom stereocenters. The molecule has 0 bridgehead atoms. The van der Waals surface area contributed by atoms with E-state index in [0.29, 0.717) is 49.7 Å². The second kappa shape index (κ2) is 9.84. The average Bonchev–Trinajstić information content (AvgIpc) is 2.78. The molecule has 160 valence electrons. The fourth-order valence-corrected chi connectivity index (χ4v) is 4.44. The van der Waals surface area contributed by atoms with Gasteiger partial charge in [0.25, 0.3) is 11.8 Å². The van der Waals surface area contributed by atoms with E-state index in [-0.39, 0.29) is 10.8 Å². The number of morpholine rings is 1. The maximum absolute atomic E-state index is 12.7. The van der Waals surface area contributed by atoms with Crippen LogP contribution in [0.15, 0.2) is 53.4 Å². The predicted molar refractivity (Wildman–Crippen MR) is 113 cm³/mol. The van der Waals surface area contributed by atoms with Gasteiger partial charge < -0.3 is 15.4 Å². The van der Waals surface area contributed by atoms with Gasteiger partial charge in [-0.2, -0.15) is 4.31 Å². The Morgan fingerprint density at radius 2 is 1.67 bits per heavy atom. The minimum atomic E-state index is -3.62. The van der Waals surface area contributed by atoms with Gasteiger partial charge in [-0.05, 0) is 42.8 Å². The minimum absolute atomic E-state index is 0.125. The van der Waals surface area contributed by atoms with Crippen molar-refractivity contribution in [2.24, 2.45) is 0 Å². The highest BCUT2D eigenvalue weighted by Crippen LogP contribution is 2.20. The van der Waals surface area contributed by atoms with Gasteiger partial charge >= 0.3 is 0 Å². The van der Waals surface area contributed by atoms with E-state index in [1.54, 1.807) is 24.3 Å². The lowest BCUT2D eigenvalue weighted by atomic mass is 10.1. The topological polar surface area (TPSA) is 105 Å². The number of carbonyl (C=O) groups is 2. The van der Waals surface area contributed by atoms with Gasteiger partial charge in [0.2, 0.25) is 10.0 Å². The molecular weight excluding hydrogens is 406 g/mol. The summed E-state index contributed by atoms with van der Waals surface area (Å²) in [4.78, 5) is 25.1. The van der Waals surface area contributed by atoms with Crippen molar-refractivity contribution in [2.75, 3.05) is 38.2 Å². The minimum Gasteiger partial charge on any atom is -0.379 e. The first-order valence-electron chi connectivity index (χ1n) is 9.80. The first-order valence-corrected chi connectivity index (χ1v) is 11.2. The fraction of sp³-hybridized carbons (Fsp3) is 0.333. The van der Waals surface area contributed by atoms with Crippen LogP contribution in [0.4, 0.5) is 5.69 Å². The number of sulfonamides is 1. The Hall–Kier alpha value is -2.75. The molecule has 2 N–H and O–H groups in total. The van der Waals surface area contributed by atoms with Crippen LogP contribution in [0.3, 0.4) is 0 Å². The zero-order valence-corrected chi connectivity index (χ0v) is 17.6. The van der Waals surface area contributed by atoms with Crippen LogP contribution in [0, 0.1) is 0 Å². The number of anilines is 1. The van der Waals surface area contributed by atoms with E-state index in [1.165, 1.54) is 28.6 Å². The molecule has 0 unspecified atom stereocenters. The number of nitrogens with zero attached hydrogens (tertiary/aromatic N) is 1. The van der Waals surface area contributed by atoms with Gasteiger partial charge in [-0.3, -0.25) is 9.59 Å². The maximum Gasteiger partial charge on any atom is 0.255 e. The molecule has 9 heteroatoms. The van der Waals surface area contributed by atoms with E-state index in [4.69, 9.17) is 4.74 Å². The van der Waals surface area contributed by atoms with Gasteiger partial charge in [0.15, 0.2) is 0 Å². The molecule has 0 aliphatic carbocycles. The molecule has 1 heterocycles. The normalized spacial score (nSPS) is 14.8. The van der Waals surface area contributed by atoms with E-state index in [2.05, 4.69) is 10.6 Å². The highest BCUT2D eigenvalue weighted by molar-refractivity contribution is 7.89. The summed E-state index contributed by atoms with van der Waals surface area (Å²) >= 11 is 0. The lowest BCUT2D eigenvalue weighted by molar-refractivity contribution is 0.0730. The second-order valence-corrected chi connectivity index (χ2v) is 8.73. The number of rotatable bonds is 7. The Kier molecular flexibility index (Phi) is 7.20. The average molecular weight is 432 g/mol. The van der Waals surface area contributed by atoms with Crippen LogP contribution in [0.5, 0.6) is 0 Å². The van der Waals surface area contributed by atoms with Crippen molar-refractivity contribution in [2.45, 2.75) is 18.2 Å². The first kappa shape index (κ1) is 21.9. The van der Waals surface area contributed by atoms with E-state index >= 15 is 0 Å². The van der Waals surface area contributed by atoms with Crippen LogP contribution in [0.25, 0.3) is 0 Å². The molecular formula is C21H25N3O5S. The van der Waals surface area contributed by atoms with Crippen LogP contribution >= 0.6 is 0 Å². The molecule has 2 aromatic carbocycles. The van der Waals surface area contributed by atoms with Crippen molar-refractivity contribution in [3.63, 3.8) is 0 Å². The number of hydrogen-bond donors (Lipinski definition) is 2. The molecule has 3 rings (SSSR count). The van der Waals surface area contributed by atoms with Crippen molar-refractivity contribution < 1.29 is 22.7 Å². The summed E-state index contributed by atoms with van der Waals surface area (Å²) in [6, 6.07) is 12.5. The lowest BCUT2D eigenvalue weighted by Crippen LogP contribution is -2.40. The van der Waals surface area contributed by atoms with Crippen LogP contribution in [0.2, 0.25) is 0 Å². The third kappa shape index (κ3) is 5.05. The van der Waals surface area contributed by atoms with E-state index in [1.807, 2.05) is 6.92 Å². The molecule has 2 aromatic rings. The number of ether oxygens (including phenoxy) is 1. The summed E-state index contributed by atoms with van der Waals surface area (Å²) in [6.07, 6.45) is 0.806. The third-order valence-corrected chi connectivity index (χ3v) is 6.59. The summed E-state index contributed by atoms with van der Waals surface area (Å²) in [5.41, 5.74) is 1.05. The zero-order valence-electron chi connectivity index (χ0n) is 16.8. The summed E-state index contributed by atoms with van der Waals surface area (Å²) in [5, 5.41) is 5.52. The summed E-state index contributed by atoms with van der Waals surface area (Å²) in [5.74, 6) is -0.694. The number of hydrogen-bond acceptors (Lipinski definition) is 5. The van der Waals surface area contributed by atoms with Crippen molar-refractivity contribution in [3.05, 3.63) is 59.7 Å². The molecule has 0 aromatic heterocycles. The third-order valence-electron chi connectivity index (χ3n) is 4.68. The van der Waals surface area contributed by atoms with E-state index in [9.17, 15) is 18.0 Å². The number of benzene rings is 2. The largest absolute Gasteiger partial charge is 0.379 e. The fourth-order valence-electron chi connectivity index (χ4n) is 3.03. The molecule has 1 saturated heterocycles. The van der Waals surface area contributed by atoms with Crippen LogP contribution in [-0.2, 0) is 14.8 Å². The molecule has 0 radical (unpaired) electrons. The Labute approximate surface area is 176 Å². The lowest BCUT2D eigenvalue weighted by Gasteiger charge is -2.26. The Balaban J connectivity index is 1.74. The van der Waals surface area contributed by atoms with Crippen molar-refractivity contribution in [1.29, 1.82) is 0 Å². The highest BCUT2D eigenvalue weighted by Gasteiger charge is 2.26. The van der Waals surface area contributed by atoms with Crippen molar-refractivity contribution >= 4 is 27.5 Å². The predicted octanol–water partition coefficient (Wildman–Crippen LogP) is 2.10. The van der Waals surface area contributed by atoms with Gasteiger partial charge in [0, 0.05) is 25.2 Å². The monoisotopic (exact) mass is 431 g/mol. The first-order chi connectivity index (χ1) is 14.4. The van der Waals surface area contributed by atoms with Gasteiger partial charge in [-0.25, -0.2) is 8.42 Å². The molecule has 30 heavy (non-hydrogen) atoms. The molecule has 1 fully saturated rings. The zero-order chi connectivity index (χ0) is 21.6. The standard InChI is InChI=1S/C21H25N3O5S/c1-2-11-22-21(26)18-5-3-4-6-19(18)23-20(25)16-7-9-17(10-8-16)30(27,28)24-12-14-29-15-13-24/h3-10H,2,11-15H2,1H3,(H,22,26)(H,23,25). The number of para-hydroxylation sites is 1. The Bertz CT molecular complexity index is 1000. The number of carbonyl (C=O) groups excluding carboxylic acids is 2. The molecule has 8 nitrogen and oxygen atoms in total. The molecule has 0 spiro atoms. The number of amides is 2. The summed E-state index contributed by atoms with van der Waals surface area (Å²) in [6.45, 7) is 3.84. The Morgan fingerprint density at radius 1 is 1.00 bits per heavy atom. The molecule has 0 saturated carbocycles. The van der Waals surface area contributed by atoms with Gasteiger partial charge in [-0.1, -0.05) is 19.1 Å². The highest BCUT2D eigenvalue weighted by atomic mass is 32.2. The number of nitrogens with one attached hydrogen (secondary N) is 2. The quantitative estimate of drug-likeness (QED) is 0.699. The van der Waals surface area contributed by atoms with Gasteiger partial charge in [0.1, 0.15) is 0 Å². The van der Waals surface area contributed by atoms with E-state index in [0.717, 1.165) is 6.42 Å². The molecule has 1 aliphatic rings. The molecule has 1 aliphatic heterocycles.